The zero-order chi connectivity index (χ0) is 14.8. The number of hydrogen-bond donors (Lipinski definition) is 1. The highest BCUT2D eigenvalue weighted by atomic mass is 32.2. The molecule has 0 aliphatic carbocycles. The van der Waals surface area contributed by atoms with Crippen LogP contribution in [0.15, 0.2) is 46.3 Å². The van der Waals surface area contributed by atoms with Crippen LogP contribution in [0, 0.1) is 0 Å². The molecule has 106 valence electrons. The Labute approximate surface area is 122 Å². The third-order valence-electron chi connectivity index (χ3n) is 2.30. The molecule has 1 N–H and O–H groups in total. The van der Waals surface area contributed by atoms with Gasteiger partial charge < -0.3 is 4.74 Å². The number of amides is 1. The lowest BCUT2D eigenvalue weighted by Gasteiger charge is -2.01. The van der Waals surface area contributed by atoms with E-state index in [0.29, 0.717) is 5.04 Å². The summed E-state index contributed by atoms with van der Waals surface area (Å²) in [6.07, 6.45) is 1.76. The number of carbonyl (C=O) groups excluding carboxylic acids is 1. The van der Waals surface area contributed by atoms with Gasteiger partial charge in [-0.3, -0.25) is 9.79 Å². The minimum absolute atomic E-state index is 0.188. The maximum Gasteiger partial charge on any atom is 0.246 e. The van der Waals surface area contributed by atoms with E-state index in [4.69, 9.17) is 4.74 Å². The van der Waals surface area contributed by atoms with E-state index in [1.165, 1.54) is 11.8 Å². The van der Waals surface area contributed by atoms with Crippen molar-refractivity contribution >= 4 is 28.9 Å². The van der Waals surface area contributed by atoms with Crippen LogP contribution in [0.3, 0.4) is 0 Å². The predicted molar refractivity (Wildman–Crippen MR) is 84.5 cm³/mol. The zero-order valence-corrected chi connectivity index (χ0v) is 12.3. The Kier molecular flexibility index (Phi) is 7.13. The Bertz CT molecular complexity index is 510. The van der Waals surface area contributed by atoms with Gasteiger partial charge in [-0.25, -0.2) is 5.43 Å². The highest BCUT2D eigenvalue weighted by Crippen LogP contribution is 2.10. The first-order valence-corrected chi connectivity index (χ1v) is 6.76. The Hall–Kier alpha value is -2.08. The number of hydrogen-bond acceptors (Lipinski definition) is 5. The molecule has 0 atom stereocenters. The number of nitrogens with one attached hydrogen (secondary N) is 1. The van der Waals surface area contributed by atoms with E-state index in [0.717, 1.165) is 11.3 Å². The van der Waals surface area contributed by atoms with Gasteiger partial charge in [0.2, 0.25) is 5.91 Å². The maximum atomic E-state index is 11.6. The molecule has 0 aliphatic rings. The minimum Gasteiger partial charge on any atom is -0.497 e. The van der Waals surface area contributed by atoms with Crippen molar-refractivity contribution in [1.29, 1.82) is 0 Å². The number of benzene rings is 1. The van der Waals surface area contributed by atoms with Gasteiger partial charge in [0.05, 0.1) is 24.8 Å². The lowest BCUT2D eigenvalue weighted by Crippen LogP contribution is -2.19. The number of aliphatic imine (C=N–C) groups is 1. The minimum atomic E-state index is -0.218. The second-order valence-electron chi connectivity index (χ2n) is 3.64. The highest BCUT2D eigenvalue weighted by Gasteiger charge is 2.05. The smallest absolute Gasteiger partial charge is 0.246 e. The van der Waals surface area contributed by atoms with Crippen molar-refractivity contribution in [2.24, 2.45) is 10.1 Å². The normalized spacial score (nSPS) is 11.4. The molecule has 1 rings (SSSR count). The van der Waals surface area contributed by atoms with Crippen LogP contribution >= 0.6 is 11.8 Å². The first kappa shape index (κ1) is 16.0. The van der Waals surface area contributed by atoms with Crippen LogP contribution in [0.1, 0.15) is 12.0 Å². The van der Waals surface area contributed by atoms with Gasteiger partial charge >= 0.3 is 0 Å². The van der Waals surface area contributed by atoms with E-state index in [-0.39, 0.29) is 12.3 Å². The van der Waals surface area contributed by atoms with Crippen LogP contribution in [-0.2, 0) is 4.79 Å². The molecule has 0 saturated heterocycles. The molecule has 1 aromatic carbocycles. The molecule has 6 heteroatoms. The third kappa shape index (κ3) is 5.71. The fourth-order valence-corrected chi connectivity index (χ4v) is 1.83. The Balaban J connectivity index is 2.46. The first-order valence-electron chi connectivity index (χ1n) is 5.88. The van der Waals surface area contributed by atoms with Gasteiger partial charge in [-0.05, 0) is 35.2 Å². The molecule has 0 spiro atoms. The van der Waals surface area contributed by atoms with Crippen molar-refractivity contribution in [1.82, 2.24) is 5.43 Å². The number of thioether (sulfide) groups is 1. The van der Waals surface area contributed by atoms with E-state index in [9.17, 15) is 4.79 Å². The monoisotopic (exact) mass is 291 g/mol. The molecule has 0 bridgehead atoms. The van der Waals surface area contributed by atoms with Crippen LogP contribution in [-0.4, -0.2) is 31.3 Å². The fraction of sp³-hybridized carbons (Fsp3) is 0.214. The fourth-order valence-electron chi connectivity index (χ4n) is 1.32. The van der Waals surface area contributed by atoms with Crippen molar-refractivity contribution in [2.75, 3.05) is 14.2 Å². The second-order valence-corrected chi connectivity index (χ2v) is 4.69. The zero-order valence-electron chi connectivity index (χ0n) is 11.5. The van der Waals surface area contributed by atoms with Gasteiger partial charge in [0.15, 0.2) is 0 Å². The number of nitrogens with zero attached hydrogens (tertiary/aromatic N) is 2. The summed E-state index contributed by atoms with van der Waals surface area (Å²) in [6, 6.07) is 7.35. The predicted octanol–water partition coefficient (Wildman–Crippen LogP) is 2.44. The average molecular weight is 291 g/mol. The summed E-state index contributed by atoms with van der Waals surface area (Å²) in [5.74, 6) is 0.557. The molecule has 0 fully saturated rings. The third-order valence-corrected chi connectivity index (χ3v) is 3.06. The van der Waals surface area contributed by atoms with Crippen LogP contribution < -0.4 is 10.2 Å². The van der Waals surface area contributed by atoms with Gasteiger partial charge in [-0.2, -0.15) is 5.10 Å². The van der Waals surface area contributed by atoms with Gasteiger partial charge in [0.25, 0.3) is 0 Å². The van der Waals surface area contributed by atoms with Crippen molar-refractivity contribution in [3.05, 3.63) is 41.8 Å². The van der Waals surface area contributed by atoms with Crippen molar-refractivity contribution in [3.8, 4) is 5.75 Å². The van der Waals surface area contributed by atoms with E-state index < -0.39 is 0 Å². The maximum absolute atomic E-state index is 11.6. The molecule has 1 aromatic rings. The molecule has 0 radical (unpaired) electrons. The van der Waals surface area contributed by atoms with Crippen molar-refractivity contribution < 1.29 is 9.53 Å². The SMILES string of the molecule is C=CS/C(CC(=O)N/N=C/c1ccc(OC)cc1)=N\C. The summed E-state index contributed by atoms with van der Waals surface area (Å²) in [5, 5.41) is 6.22. The van der Waals surface area contributed by atoms with Crippen LogP contribution in [0.25, 0.3) is 0 Å². The topological polar surface area (TPSA) is 63.0 Å². The second kappa shape index (κ2) is 8.92. The molecule has 1 amide bonds. The molecular formula is C14H17N3O2S. The summed E-state index contributed by atoms with van der Waals surface area (Å²) in [5.41, 5.74) is 3.32. The van der Waals surface area contributed by atoms with E-state index >= 15 is 0 Å². The summed E-state index contributed by atoms with van der Waals surface area (Å²) in [6.45, 7) is 3.58. The number of hydrazone groups is 1. The summed E-state index contributed by atoms with van der Waals surface area (Å²) >= 11 is 1.33. The lowest BCUT2D eigenvalue weighted by molar-refractivity contribution is -0.119. The van der Waals surface area contributed by atoms with E-state index in [1.807, 2.05) is 24.3 Å². The molecule has 0 aliphatic heterocycles. The van der Waals surface area contributed by atoms with Gasteiger partial charge in [-0.15, -0.1) is 0 Å². The summed E-state index contributed by atoms with van der Waals surface area (Å²) < 4.78 is 5.05. The highest BCUT2D eigenvalue weighted by molar-refractivity contribution is 8.16. The van der Waals surface area contributed by atoms with Crippen LogP contribution in [0.5, 0.6) is 5.75 Å². The van der Waals surface area contributed by atoms with E-state index in [1.54, 1.807) is 25.8 Å². The first-order chi connectivity index (χ1) is 9.69. The molecule has 0 saturated carbocycles. The number of carbonyl (C=O) groups is 1. The Morgan fingerprint density at radius 1 is 1.45 bits per heavy atom. The Morgan fingerprint density at radius 3 is 2.70 bits per heavy atom. The number of ether oxygens (including phenoxy) is 1. The molecule has 0 unspecified atom stereocenters. The summed E-state index contributed by atoms with van der Waals surface area (Å²) in [7, 11) is 3.25. The summed E-state index contributed by atoms with van der Waals surface area (Å²) in [4.78, 5) is 15.6. The molecular weight excluding hydrogens is 274 g/mol. The number of methoxy groups -OCH3 is 1. The van der Waals surface area contributed by atoms with Crippen molar-refractivity contribution in [3.63, 3.8) is 0 Å². The molecule has 0 aromatic heterocycles. The van der Waals surface area contributed by atoms with Crippen LogP contribution in [0.4, 0.5) is 0 Å². The largest absolute Gasteiger partial charge is 0.497 e. The lowest BCUT2D eigenvalue weighted by atomic mass is 10.2. The van der Waals surface area contributed by atoms with Gasteiger partial charge in [-0.1, -0.05) is 18.3 Å². The quantitative estimate of drug-likeness (QED) is 0.497. The van der Waals surface area contributed by atoms with Gasteiger partial charge in [0, 0.05) is 7.05 Å². The van der Waals surface area contributed by atoms with Crippen molar-refractivity contribution in [2.45, 2.75) is 6.42 Å². The molecule has 0 heterocycles. The standard InChI is InChI=1S/C14H17N3O2S/c1-4-20-14(15-2)9-13(18)17-16-10-11-5-7-12(19-3)8-6-11/h4-8,10H,1,9H2,2-3H3,(H,17,18)/b15-14-,16-10+. The number of rotatable bonds is 6. The average Bonchev–Trinajstić information content (AvgIpc) is 2.47. The molecule has 20 heavy (non-hydrogen) atoms. The van der Waals surface area contributed by atoms with Crippen LogP contribution in [0.2, 0.25) is 0 Å². The van der Waals surface area contributed by atoms with Gasteiger partial charge in [0.1, 0.15) is 5.75 Å². The van der Waals surface area contributed by atoms with E-state index in [2.05, 4.69) is 22.1 Å². The Morgan fingerprint density at radius 2 is 2.15 bits per heavy atom. The molecule has 5 nitrogen and oxygen atoms in total.